The molecular formula is C14H20N2O4. The molecule has 6 nitrogen and oxygen atoms in total. The maximum atomic E-state index is 12.2. The van der Waals surface area contributed by atoms with Gasteiger partial charge in [0.25, 0.3) is 0 Å². The molecule has 1 unspecified atom stereocenters. The van der Waals surface area contributed by atoms with E-state index in [4.69, 9.17) is 9.25 Å². The molecule has 0 saturated carbocycles. The Labute approximate surface area is 117 Å². The van der Waals surface area contributed by atoms with Gasteiger partial charge in [0.1, 0.15) is 12.4 Å². The van der Waals surface area contributed by atoms with E-state index < -0.39 is 6.10 Å². The third kappa shape index (κ3) is 3.03. The van der Waals surface area contributed by atoms with Crippen molar-refractivity contribution in [1.29, 1.82) is 0 Å². The molecule has 20 heavy (non-hydrogen) atoms. The van der Waals surface area contributed by atoms with Gasteiger partial charge in [0.15, 0.2) is 0 Å². The predicted octanol–water partition coefficient (Wildman–Crippen LogP) is 0.626. The van der Waals surface area contributed by atoms with Crippen molar-refractivity contribution < 1.29 is 19.2 Å². The van der Waals surface area contributed by atoms with Crippen LogP contribution in [-0.2, 0) is 16.2 Å². The summed E-state index contributed by atoms with van der Waals surface area (Å²) in [5.74, 6) is 0.980. The molecule has 3 rings (SSSR count). The number of hydrogen-bond acceptors (Lipinski definition) is 5. The van der Waals surface area contributed by atoms with Crippen LogP contribution in [0.4, 0.5) is 0 Å². The minimum absolute atomic E-state index is 0.00755. The lowest BCUT2D eigenvalue weighted by Gasteiger charge is -2.32. The van der Waals surface area contributed by atoms with Crippen LogP contribution < -0.4 is 0 Å². The van der Waals surface area contributed by atoms with Crippen molar-refractivity contribution in [3.63, 3.8) is 0 Å². The van der Waals surface area contributed by atoms with Gasteiger partial charge in [-0.3, -0.25) is 14.5 Å². The van der Waals surface area contributed by atoms with E-state index in [9.17, 15) is 9.90 Å². The molecule has 2 aliphatic rings. The van der Waals surface area contributed by atoms with Gasteiger partial charge in [-0.25, -0.2) is 5.06 Å². The molecule has 0 radical (unpaired) electrons. The zero-order chi connectivity index (χ0) is 13.9. The van der Waals surface area contributed by atoms with E-state index in [1.807, 2.05) is 12.1 Å². The van der Waals surface area contributed by atoms with Crippen LogP contribution in [0.15, 0.2) is 22.8 Å². The van der Waals surface area contributed by atoms with Crippen LogP contribution in [0.25, 0.3) is 0 Å². The van der Waals surface area contributed by atoms with Crippen molar-refractivity contribution in [3.05, 3.63) is 24.2 Å². The van der Waals surface area contributed by atoms with E-state index in [2.05, 4.69) is 4.90 Å². The fourth-order valence-electron chi connectivity index (χ4n) is 2.79. The number of hydroxylamine groups is 2. The summed E-state index contributed by atoms with van der Waals surface area (Å²) in [6, 6.07) is 3.86. The molecule has 1 aromatic heterocycles. The number of carbonyl (C=O) groups is 1. The Balaban J connectivity index is 1.47. The Hall–Kier alpha value is -1.37. The van der Waals surface area contributed by atoms with E-state index in [0.717, 1.165) is 38.2 Å². The Morgan fingerprint density at radius 1 is 1.40 bits per heavy atom. The standard InChI is InChI=1S/C14H20N2O4/c17-12-8-16(20-10-12)14(18)11-3-5-15(6-4-11)9-13-2-1-7-19-13/h1-2,7,11-12,17H,3-6,8-10H2. The van der Waals surface area contributed by atoms with E-state index >= 15 is 0 Å². The summed E-state index contributed by atoms with van der Waals surface area (Å²) in [7, 11) is 0. The highest BCUT2D eigenvalue weighted by Crippen LogP contribution is 2.22. The summed E-state index contributed by atoms with van der Waals surface area (Å²) in [6.45, 7) is 3.09. The van der Waals surface area contributed by atoms with Gasteiger partial charge in [-0.1, -0.05) is 0 Å². The van der Waals surface area contributed by atoms with Gasteiger partial charge in [-0.2, -0.15) is 0 Å². The number of furan rings is 1. The van der Waals surface area contributed by atoms with Crippen molar-refractivity contribution in [1.82, 2.24) is 9.96 Å². The molecule has 1 aromatic rings. The third-order valence-electron chi connectivity index (χ3n) is 3.94. The van der Waals surface area contributed by atoms with Crippen LogP contribution in [0.3, 0.4) is 0 Å². The number of piperidine rings is 1. The smallest absolute Gasteiger partial charge is 0.249 e. The number of aliphatic hydroxyl groups excluding tert-OH is 1. The Morgan fingerprint density at radius 2 is 2.20 bits per heavy atom. The van der Waals surface area contributed by atoms with E-state index in [1.165, 1.54) is 5.06 Å². The predicted molar refractivity (Wildman–Crippen MR) is 70.4 cm³/mol. The number of rotatable bonds is 3. The van der Waals surface area contributed by atoms with Gasteiger partial charge in [0, 0.05) is 5.92 Å². The zero-order valence-corrected chi connectivity index (χ0v) is 11.4. The number of aliphatic hydroxyl groups is 1. The molecule has 0 spiro atoms. The zero-order valence-electron chi connectivity index (χ0n) is 11.4. The second-order valence-corrected chi connectivity index (χ2v) is 5.48. The van der Waals surface area contributed by atoms with E-state index in [1.54, 1.807) is 6.26 Å². The molecule has 2 aliphatic heterocycles. The quantitative estimate of drug-likeness (QED) is 0.879. The molecule has 0 aromatic carbocycles. The van der Waals surface area contributed by atoms with Crippen LogP contribution in [0, 0.1) is 5.92 Å². The monoisotopic (exact) mass is 280 g/mol. The molecule has 3 heterocycles. The van der Waals surface area contributed by atoms with Gasteiger partial charge < -0.3 is 9.52 Å². The third-order valence-corrected chi connectivity index (χ3v) is 3.94. The molecule has 2 fully saturated rings. The highest BCUT2D eigenvalue weighted by atomic mass is 16.7. The fourth-order valence-corrected chi connectivity index (χ4v) is 2.79. The first-order valence-corrected chi connectivity index (χ1v) is 7.09. The van der Waals surface area contributed by atoms with Crippen molar-refractivity contribution >= 4 is 5.91 Å². The number of amides is 1. The highest BCUT2D eigenvalue weighted by molar-refractivity contribution is 5.78. The van der Waals surface area contributed by atoms with Crippen LogP contribution in [0.2, 0.25) is 0 Å². The normalized spacial score (nSPS) is 25.2. The lowest BCUT2D eigenvalue weighted by Crippen LogP contribution is -2.41. The van der Waals surface area contributed by atoms with E-state index in [0.29, 0.717) is 6.54 Å². The van der Waals surface area contributed by atoms with Gasteiger partial charge >= 0.3 is 0 Å². The molecule has 2 saturated heterocycles. The topological polar surface area (TPSA) is 66.2 Å². The maximum absolute atomic E-state index is 12.2. The molecule has 1 atom stereocenters. The molecule has 0 aliphatic carbocycles. The largest absolute Gasteiger partial charge is 0.468 e. The summed E-state index contributed by atoms with van der Waals surface area (Å²) in [5.41, 5.74) is 0. The van der Waals surface area contributed by atoms with Gasteiger partial charge in [0.2, 0.25) is 5.91 Å². The average molecular weight is 280 g/mol. The average Bonchev–Trinajstić information content (AvgIpc) is 3.10. The molecule has 0 bridgehead atoms. The van der Waals surface area contributed by atoms with Crippen molar-refractivity contribution in [2.45, 2.75) is 25.5 Å². The molecule has 1 N–H and O–H groups in total. The number of carbonyl (C=O) groups excluding carboxylic acids is 1. The molecule has 110 valence electrons. The first-order valence-electron chi connectivity index (χ1n) is 7.09. The summed E-state index contributed by atoms with van der Waals surface area (Å²) in [5, 5.41) is 10.7. The van der Waals surface area contributed by atoms with Crippen molar-refractivity contribution in [2.75, 3.05) is 26.2 Å². The van der Waals surface area contributed by atoms with E-state index in [-0.39, 0.29) is 18.4 Å². The van der Waals surface area contributed by atoms with Gasteiger partial charge in [-0.15, -0.1) is 0 Å². The Kier molecular flexibility index (Phi) is 4.05. The van der Waals surface area contributed by atoms with Gasteiger partial charge in [-0.05, 0) is 38.1 Å². The number of hydrogen-bond donors (Lipinski definition) is 1. The second-order valence-electron chi connectivity index (χ2n) is 5.48. The number of nitrogens with zero attached hydrogens (tertiary/aromatic N) is 2. The minimum atomic E-state index is -0.544. The Bertz CT molecular complexity index is 440. The molecule has 1 amide bonds. The molecule has 6 heteroatoms. The maximum Gasteiger partial charge on any atom is 0.249 e. The fraction of sp³-hybridized carbons (Fsp3) is 0.643. The number of β-amino-alcohol motifs (C(OH)–C–C–N with tert-alkyl or cyclic N) is 1. The lowest BCUT2D eigenvalue weighted by molar-refractivity contribution is -0.175. The first-order chi connectivity index (χ1) is 9.72. The van der Waals surface area contributed by atoms with Crippen LogP contribution in [0.5, 0.6) is 0 Å². The summed E-state index contributed by atoms with van der Waals surface area (Å²) >= 11 is 0. The van der Waals surface area contributed by atoms with Crippen LogP contribution >= 0.6 is 0 Å². The SMILES string of the molecule is O=C(C1CCN(Cc2ccco2)CC1)N1CC(O)CO1. The summed E-state index contributed by atoms with van der Waals surface area (Å²) < 4.78 is 5.34. The van der Waals surface area contributed by atoms with Crippen LogP contribution in [0.1, 0.15) is 18.6 Å². The minimum Gasteiger partial charge on any atom is -0.468 e. The second kappa shape index (κ2) is 5.95. The van der Waals surface area contributed by atoms with Crippen molar-refractivity contribution in [3.8, 4) is 0 Å². The van der Waals surface area contributed by atoms with Crippen molar-refractivity contribution in [2.24, 2.45) is 5.92 Å². The summed E-state index contributed by atoms with van der Waals surface area (Å²) in [4.78, 5) is 19.7. The number of likely N-dealkylation sites (tertiary alicyclic amines) is 1. The lowest BCUT2D eigenvalue weighted by atomic mass is 9.95. The Morgan fingerprint density at radius 3 is 2.80 bits per heavy atom. The summed E-state index contributed by atoms with van der Waals surface area (Å²) in [6.07, 6.45) is 2.80. The van der Waals surface area contributed by atoms with Crippen LogP contribution in [-0.4, -0.2) is 53.3 Å². The van der Waals surface area contributed by atoms with Gasteiger partial charge in [0.05, 0.1) is 25.5 Å². The molecular weight excluding hydrogens is 260 g/mol. The first kappa shape index (κ1) is 13.6. The highest BCUT2D eigenvalue weighted by Gasteiger charge is 2.33.